The highest BCUT2D eigenvalue weighted by molar-refractivity contribution is 7.18. The number of rotatable bonds is 5. The van der Waals surface area contributed by atoms with Crippen LogP contribution in [0, 0.1) is 0 Å². The number of fused-ring (bicyclic) bond motifs is 1. The lowest BCUT2D eigenvalue weighted by Gasteiger charge is -2.36. The maximum atomic E-state index is 12.5. The lowest BCUT2D eigenvalue weighted by Crippen LogP contribution is -2.45. The first-order chi connectivity index (χ1) is 13.1. The Morgan fingerprint density at radius 2 is 1.89 bits per heavy atom. The van der Waals surface area contributed by atoms with Gasteiger partial charge in [0.2, 0.25) is 0 Å². The number of thiazole rings is 1. The molecular formula is C19H22N4O3S. The molecule has 142 valence electrons. The van der Waals surface area contributed by atoms with Crippen molar-refractivity contribution in [1.29, 1.82) is 0 Å². The third kappa shape index (κ3) is 3.23. The molecule has 0 spiro atoms. The highest BCUT2D eigenvalue weighted by Crippen LogP contribution is 2.36. The monoisotopic (exact) mass is 386 g/mol. The van der Waals surface area contributed by atoms with E-state index in [1.165, 1.54) is 0 Å². The van der Waals surface area contributed by atoms with E-state index in [1.54, 1.807) is 11.3 Å². The quantitative estimate of drug-likeness (QED) is 0.583. The van der Waals surface area contributed by atoms with Gasteiger partial charge >= 0.3 is 17.8 Å². The molecule has 1 atom stereocenters. The van der Waals surface area contributed by atoms with Crippen LogP contribution in [-0.2, 0) is 9.59 Å². The minimum Gasteiger partial charge on any atom is -0.276 e. The third-order valence-electron chi connectivity index (χ3n) is 5.11. The van der Waals surface area contributed by atoms with Gasteiger partial charge in [0.15, 0.2) is 0 Å². The summed E-state index contributed by atoms with van der Waals surface area (Å²) in [7, 11) is 0. The van der Waals surface area contributed by atoms with Crippen molar-refractivity contribution in [2.45, 2.75) is 38.6 Å². The van der Waals surface area contributed by atoms with Gasteiger partial charge in [0, 0.05) is 13.1 Å². The summed E-state index contributed by atoms with van der Waals surface area (Å²) in [6, 6.07) is 7.58. The van der Waals surface area contributed by atoms with Crippen molar-refractivity contribution in [3.05, 3.63) is 29.3 Å². The molecule has 1 aromatic carbocycles. The zero-order chi connectivity index (χ0) is 19.0. The summed E-state index contributed by atoms with van der Waals surface area (Å²) in [5.41, 5.74) is 0.973. The van der Waals surface area contributed by atoms with Gasteiger partial charge in [0.25, 0.3) is 0 Å². The topological polar surface area (TPSA) is 73.8 Å². The molecule has 2 saturated heterocycles. The molecule has 2 aliphatic heterocycles. The molecule has 27 heavy (non-hydrogen) atoms. The number of amides is 4. The fourth-order valence-electron chi connectivity index (χ4n) is 3.75. The number of hydrogen-bond donors (Lipinski definition) is 0. The number of likely N-dealkylation sites (tertiary alicyclic amines) is 1. The fraction of sp³-hybridized carbons (Fsp3) is 0.474. The standard InChI is InChI=1S/C19H22N4O3S/c1-2-10-22-17(24)18(25)23(19(22)26)12-21-11-6-5-8-14(21)16-20-13-7-3-4-9-15(13)27-16/h3-4,7,9,14H,2,5-6,8,10-12H2,1H3. The summed E-state index contributed by atoms with van der Waals surface area (Å²) in [5.74, 6) is -1.43. The first kappa shape index (κ1) is 18.1. The van der Waals surface area contributed by atoms with Crippen LogP contribution in [0.2, 0.25) is 0 Å². The van der Waals surface area contributed by atoms with E-state index in [0.29, 0.717) is 6.42 Å². The Bertz CT molecular complexity index is 863. The molecule has 0 bridgehead atoms. The van der Waals surface area contributed by atoms with E-state index < -0.39 is 17.8 Å². The van der Waals surface area contributed by atoms with Gasteiger partial charge in [0.05, 0.1) is 22.9 Å². The van der Waals surface area contributed by atoms with Gasteiger partial charge in [-0.3, -0.25) is 19.4 Å². The molecule has 8 heteroatoms. The van der Waals surface area contributed by atoms with E-state index in [4.69, 9.17) is 4.98 Å². The normalized spacial score (nSPS) is 21.7. The van der Waals surface area contributed by atoms with Crippen LogP contribution in [0.1, 0.15) is 43.7 Å². The lowest BCUT2D eigenvalue weighted by molar-refractivity contribution is -0.144. The second-order valence-corrected chi connectivity index (χ2v) is 8.02. The third-order valence-corrected chi connectivity index (χ3v) is 6.25. The summed E-state index contributed by atoms with van der Waals surface area (Å²) < 4.78 is 1.13. The zero-order valence-electron chi connectivity index (χ0n) is 15.3. The minimum absolute atomic E-state index is 0.0621. The molecule has 1 aromatic heterocycles. The van der Waals surface area contributed by atoms with Gasteiger partial charge in [0.1, 0.15) is 5.01 Å². The minimum atomic E-state index is -0.720. The van der Waals surface area contributed by atoms with E-state index in [9.17, 15) is 14.4 Å². The Hall–Kier alpha value is -2.32. The summed E-state index contributed by atoms with van der Waals surface area (Å²) >= 11 is 1.66. The number of para-hydroxylation sites is 1. The molecule has 0 N–H and O–H groups in total. The Balaban J connectivity index is 1.57. The first-order valence-corrected chi connectivity index (χ1v) is 10.2. The van der Waals surface area contributed by atoms with E-state index in [-0.39, 0.29) is 19.3 Å². The van der Waals surface area contributed by atoms with Crippen molar-refractivity contribution >= 4 is 39.4 Å². The van der Waals surface area contributed by atoms with E-state index in [2.05, 4.69) is 11.0 Å². The van der Waals surface area contributed by atoms with E-state index in [1.807, 2.05) is 25.1 Å². The summed E-state index contributed by atoms with van der Waals surface area (Å²) in [4.78, 5) is 46.0. The zero-order valence-corrected chi connectivity index (χ0v) is 16.1. The maximum absolute atomic E-state index is 12.5. The van der Waals surface area contributed by atoms with Crippen LogP contribution in [0.15, 0.2) is 24.3 Å². The highest BCUT2D eigenvalue weighted by atomic mass is 32.1. The van der Waals surface area contributed by atoms with Gasteiger partial charge < -0.3 is 0 Å². The Morgan fingerprint density at radius 1 is 1.11 bits per heavy atom. The van der Waals surface area contributed by atoms with Crippen molar-refractivity contribution in [2.75, 3.05) is 19.8 Å². The Morgan fingerprint density at radius 3 is 2.67 bits per heavy atom. The Kier molecular flexibility index (Phi) is 4.92. The molecule has 2 fully saturated rings. The number of urea groups is 1. The van der Waals surface area contributed by atoms with Crippen LogP contribution in [0.3, 0.4) is 0 Å². The van der Waals surface area contributed by atoms with E-state index in [0.717, 1.165) is 50.8 Å². The number of carbonyl (C=O) groups is 3. The highest BCUT2D eigenvalue weighted by Gasteiger charge is 2.45. The van der Waals surface area contributed by atoms with Crippen LogP contribution >= 0.6 is 11.3 Å². The number of imide groups is 2. The van der Waals surface area contributed by atoms with Gasteiger partial charge in [-0.25, -0.2) is 14.7 Å². The molecule has 4 amide bonds. The van der Waals surface area contributed by atoms with Crippen LogP contribution in [0.4, 0.5) is 4.79 Å². The molecule has 0 radical (unpaired) electrons. The van der Waals surface area contributed by atoms with Gasteiger partial charge in [-0.15, -0.1) is 11.3 Å². The predicted octanol–water partition coefficient (Wildman–Crippen LogP) is 2.98. The summed E-state index contributed by atoms with van der Waals surface area (Å²) in [6.07, 6.45) is 3.66. The predicted molar refractivity (Wildman–Crippen MR) is 102 cm³/mol. The van der Waals surface area contributed by atoms with Crippen molar-refractivity contribution in [1.82, 2.24) is 19.7 Å². The second-order valence-electron chi connectivity index (χ2n) is 6.96. The largest absolute Gasteiger partial charge is 0.335 e. The SMILES string of the molecule is CCCN1C(=O)C(=O)N(CN2CCCCC2c2nc3ccccc3s2)C1=O. The second kappa shape index (κ2) is 7.36. The van der Waals surface area contributed by atoms with Crippen molar-refractivity contribution in [2.24, 2.45) is 0 Å². The molecule has 0 saturated carbocycles. The number of nitrogens with zero attached hydrogens (tertiary/aromatic N) is 4. The van der Waals surface area contributed by atoms with Crippen LogP contribution in [0.5, 0.6) is 0 Å². The first-order valence-electron chi connectivity index (χ1n) is 9.37. The van der Waals surface area contributed by atoms with Crippen LogP contribution in [0.25, 0.3) is 10.2 Å². The van der Waals surface area contributed by atoms with Gasteiger partial charge in [-0.1, -0.05) is 25.5 Å². The maximum Gasteiger partial charge on any atom is 0.335 e. The molecule has 2 aliphatic rings. The molecule has 1 unspecified atom stereocenters. The molecule has 2 aromatic rings. The van der Waals surface area contributed by atoms with Crippen molar-refractivity contribution in [3.63, 3.8) is 0 Å². The average molecular weight is 386 g/mol. The van der Waals surface area contributed by atoms with Gasteiger partial charge in [-0.05, 0) is 31.4 Å². The average Bonchev–Trinajstić information content (AvgIpc) is 3.20. The molecule has 7 nitrogen and oxygen atoms in total. The van der Waals surface area contributed by atoms with E-state index >= 15 is 0 Å². The summed E-state index contributed by atoms with van der Waals surface area (Å²) in [6.45, 7) is 3.08. The van der Waals surface area contributed by atoms with Crippen LogP contribution < -0.4 is 0 Å². The number of aromatic nitrogens is 1. The van der Waals surface area contributed by atoms with Crippen molar-refractivity contribution < 1.29 is 14.4 Å². The summed E-state index contributed by atoms with van der Waals surface area (Å²) in [5, 5.41) is 1.01. The lowest BCUT2D eigenvalue weighted by atomic mass is 10.0. The smallest absolute Gasteiger partial charge is 0.276 e. The number of hydrogen-bond acceptors (Lipinski definition) is 6. The molecule has 0 aliphatic carbocycles. The number of carbonyl (C=O) groups excluding carboxylic acids is 3. The molecule has 4 rings (SSSR count). The fourth-order valence-corrected chi connectivity index (χ4v) is 4.89. The number of piperidine rings is 1. The number of benzene rings is 1. The van der Waals surface area contributed by atoms with Crippen LogP contribution in [-0.4, -0.2) is 57.3 Å². The molecular weight excluding hydrogens is 364 g/mol. The van der Waals surface area contributed by atoms with Gasteiger partial charge in [-0.2, -0.15) is 0 Å². The van der Waals surface area contributed by atoms with Crippen molar-refractivity contribution in [3.8, 4) is 0 Å². The Labute approximate surface area is 161 Å². The molecule has 3 heterocycles.